The number of benzene rings is 2. The maximum atomic E-state index is 13.9. The van der Waals surface area contributed by atoms with E-state index in [0.29, 0.717) is 5.69 Å². The minimum atomic E-state index is -4.77. The van der Waals surface area contributed by atoms with E-state index in [1.54, 1.807) is 36.4 Å². The number of aryl methyl sites for hydroxylation is 1. The summed E-state index contributed by atoms with van der Waals surface area (Å²) in [5.41, 5.74) is 1.39. The topological polar surface area (TPSA) is 64.2 Å². The predicted molar refractivity (Wildman–Crippen MR) is 120 cm³/mol. The zero-order chi connectivity index (χ0) is 23.2. The molecule has 166 valence electrons. The first-order valence-electron chi connectivity index (χ1n) is 9.86. The molecular weight excluding hydrogens is 451 g/mol. The van der Waals surface area contributed by atoms with E-state index in [0.717, 1.165) is 32.7 Å². The second-order valence-corrected chi connectivity index (χ2v) is 8.28. The van der Waals surface area contributed by atoms with Crippen LogP contribution in [0.25, 0.3) is 21.9 Å². The lowest BCUT2D eigenvalue weighted by molar-refractivity contribution is -0.143. The molecule has 10 heteroatoms. The quantitative estimate of drug-likeness (QED) is 0.362. The van der Waals surface area contributed by atoms with Gasteiger partial charge in [-0.2, -0.15) is 18.3 Å². The molecule has 0 radical (unpaired) electrons. The molecule has 1 N–H and O–H groups in total. The predicted octanol–water partition coefficient (Wildman–Crippen LogP) is 5.83. The van der Waals surface area contributed by atoms with Crippen LogP contribution in [0.4, 0.5) is 18.9 Å². The largest absolute Gasteiger partial charge is 0.434 e. The lowest BCUT2D eigenvalue weighted by Gasteiger charge is -2.13. The average Bonchev–Trinajstić information content (AvgIpc) is 3.49. The summed E-state index contributed by atoms with van der Waals surface area (Å²) in [5, 5.41) is 8.30. The van der Waals surface area contributed by atoms with E-state index < -0.39 is 23.3 Å². The molecule has 33 heavy (non-hydrogen) atoms. The molecule has 0 fully saturated rings. The third-order valence-electron chi connectivity index (χ3n) is 5.09. The first kappa shape index (κ1) is 21.0. The van der Waals surface area contributed by atoms with Gasteiger partial charge in [0.25, 0.3) is 5.91 Å². The third-order valence-corrected chi connectivity index (χ3v) is 5.86. The van der Waals surface area contributed by atoms with Crippen molar-refractivity contribution in [3.05, 3.63) is 89.3 Å². The van der Waals surface area contributed by atoms with Crippen LogP contribution in [-0.2, 0) is 6.18 Å². The van der Waals surface area contributed by atoms with Gasteiger partial charge in [-0.25, -0.2) is 9.67 Å². The Morgan fingerprint density at radius 1 is 1.06 bits per heavy atom. The second kappa shape index (κ2) is 7.89. The lowest BCUT2D eigenvalue weighted by atomic mass is 10.1. The van der Waals surface area contributed by atoms with Gasteiger partial charge in [0.15, 0.2) is 10.7 Å². The van der Waals surface area contributed by atoms with Gasteiger partial charge in [-0.05, 0) is 31.2 Å². The summed E-state index contributed by atoms with van der Waals surface area (Å²) in [6, 6.07) is 13.2. The van der Waals surface area contributed by atoms with Crippen LogP contribution in [0.2, 0.25) is 0 Å². The molecule has 0 aliphatic carbocycles. The van der Waals surface area contributed by atoms with Gasteiger partial charge in [0.05, 0.1) is 23.1 Å². The number of hydrogen-bond acceptors (Lipinski definition) is 4. The van der Waals surface area contributed by atoms with Crippen molar-refractivity contribution in [1.29, 1.82) is 0 Å². The molecule has 2 aromatic carbocycles. The number of imidazole rings is 1. The van der Waals surface area contributed by atoms with Crippen LogP contribution in [0, 0.1) is 6.92 Å². The van der Waals surface area contributed by atoms with Gasteiger partial charge >= 0.3 is 6.18 Å². The number of hydrogen-bond donors (Lipinski definition) is 1. The summed E-state index contributed by atoms with van der Waals surface area (Å²) in [6.07, 6.45) is -0.0509. The molecule has 0 atom stereocenters. The maximum absolute atomic E-state index is 13.9. The molecule has 5 rings (SSSR count). The zero-order valence-electron chi connectivity index (χ0n) is 17.2. The van der Waals surface area contributed by atoms with Crippen LogP contribution in [-0.4, -0.2) is 25.1 Å². The van der Waals surface area contributed by atoms with E-state index in [-0.39, 0.29) is 5.69 Å². The summed E-state index contributed by atoms with van der Waals surface area (Å²) < 4.78 is 44.2. The number of alkyl halides is 3. The van der Waals surface area contributed by atoms with Crippen LogP contribution < -0.4 is 5.32 Å². The zero-order valence-corrected chi connectivity index (χ0v) is 18.0. The molecule has 0 unspecified atom stereocenters. The van der Waals surface area contributed by atoms with E-state index in [2.05, 4.69) is 15.4 Å². The summed E-state index contributed by atoms with van der Waals surface area (Å²) in [6.45, 7) is 1.83. The monoisotopic (exact) mass is 467 g/mol. The molecule has 0 bridgehead atoms. The number of halogens is 3. The Labute approximate surface area is 189 Å². The highest BCUT2D eigenvalue weighted by Gasteiger charge is 2.40. The third kappa shape index (κ3) is 4.00. The van der Waals surface area contributed by atoms with Gasteiger partial charge in [0.2, 0.25) is 0 Å². The van der Waals surface area contributed by atoms with Gasteiger partial charge < -0.3 is 5.32 Å². The molecule has 6 nitrogen and oxygen atoms in total. The fourth-order valence-electron chi connectivity index (χ4n) is 3.46. The number of rotatable bonds is 4. The fourth-order valence-corrected chi connectivity index (χ4v) is 4.16. The van der Waals surface area contributed by atoms with Gasteiger partial charge in [0, 0.05) is 29.0 Å². The van der Waals surface area contributed by atoms with E-state index >= 15 is 0 Å². The van der Waals surface area contributed by atoms with E-state index in [4.69, 9.17) is 0 Å². The molecule has 0 spiro atoms. The Bertz CT molecular complexity index is 1420. The van der Waals surface area contributed by atoms with Crippen molar-refractivity contribution in [3.8, 4) is 16.9 Å². The fraction of sp³-hybridized carbons (Fsp3) is 0.0870. The summed E-state index contributed by atoms with van der Waals surface area (Å²) >= 11 is 1.51. The molecule has 5 aromatic rings. The number of anilines is 1. The molecule has 0 aliphatic rings. The first-order chi connectivity index (χ1) is 15.8. The number of thiazole rings is 1. The minimum Gasteiger partial charge on any atom is -0.322 e. The van der Waals surface area contributed by atoms with Gasteiger partial charge in [-0.15, -0.1) is 11.3 Å². The number of carbonyl (C=O) groups is 1. The molecule has 3 heterocycles. The summed E-state index contributed by atoms with van der Waals surface area (Å²) in [5.74, 6) is -0.893. The van der Waals surface area contributed by atoms with E-state index in [1.807, 2.05) is 29.1 Å². The summed E-state index contributed by atoms with van der Waals surface area (Å²) in [7, 11) is 0. The Morgan fingerprint density at radius 2 is 1.79 bits per heavy atom. The Hall–Kier alpha value is -3.92. The molecule has 0 aliphatic heterocycles. The Kier molecular flexibility index (Phi) is 5.01. The van der Waals surface area contributed by atoms with Gasteiger partial charge in [-0.1, -0.05) is 29.8 Å². The Balaban J connectivity index is 1.41. The Morgan fingerprint density at radius 3 is 2.45 bits per heavy atom. The SMILES string of the molecule is Cc1ccc(-n2ncc(C(=O)Nc3ccc(-c4cn5ccsc5n4)cc3)c2C(F)(F)F)cc1. The highest BCUT2D eigenvalue weighted by Crippen LogP contribution is 2.34. The first-order valence-corrected chi connectivity index (χ1v) is 10.7. The van der Waals surface area contributed by atoms with Crippen LogP contribution in [0.15, 0.2) is 72.5 Å². The number of nitrogens with zero attached hydrogens (tertiary/aromatic N) is 4. The number of nitrogens with one attached hydrogen (secondary N) is 1. The average molecular weight is 467 g/mol. The normalized spacial score (nSPS) is 11.8. The van der Waals surface area contributed by atoms with Crippen molar-refractivity contribution in [2.45, 2.75) is 13.1 Å². The van der Waals surface area contributed by atoms with E-state index in [1.165, 1.54) is 23.5 Å². The van der Waals surface area contributed by atoms with Crippen molar-refractivity contribution in [2.24, 2.45) is 0 Å². The molecular formula is C23H16F3N5OS. The van der Waals surface area contributed by atoms with Crippen molar-refractivity contribution >= 4 is 27.9 Å². The maximum Gasteiger partial charge on any atom is 0.434 e. The highest BCUT2D eigenvalue weighted by molar-refractivity contribution is 7.15. The van der Waals surface area contributed by atoms with Crippen LogP contribution in [0.1, 0.15) is 21.6 Å². The van der Waals surface area contributed by atoms with Gasteiger partial charge in [0.1, 0.15) is 0 Å². The van der Waals surface area contributed by atoms with Crippen LogP contribution in [0.5, 0.6) is 0 Å². The number of fused-ring (bicyclic) bond motifs is 1. The summed E-state index contributed by atoms with van der Waals surface area (Å²) in [4.78, 5) is 18.1. The number of aromatic nitrogens is 4. The van der Waals surface area contributed by atoms with Crippen molar-refractivity contribution in [3.63, 3.8) is 0 Å². The van der Waals surface area contributed by atoms with Crippen molar-refractivity contribution in [1.82, 2.24) is 19.2 Å². The lowest BCUT2D eigenvalue weighted by Crippen LogP contribution is -2.20. The number of carbonyl (C=O) groups excluding carboxylic acids is 1. The van der Waals surface area contributed by atoms with Gasteiger partial charge in [-0.3, -0.25) is 9.20 Å². The number of amides is 1. The molecule has 0 saturated heterocycles. The second-order valence-electron chi connectivity index (χ2n) is 7.40. The van der Waals surface area contributed by atoms with Crippen molar-refractivity contribution in [2.75, 3.05) is 5.32 Å². The van der Waals surface area contributed by atoms with Crippen LogP contribution in [0.3, 0.4) is 0 Å². The standard InChI is InChI=1S/C23H16F3N5OS/c1-14-2-8-17(9-3-14)31-20(23(24,25)26)18(12-27-31)21(32)28-16-6-4-15(5-7-16)19-13-30-10-11-33-22(30)29-19/h2-13H,1H3,(H,28,32). The smallest absolute Gasteiger partial charge is 0.322 e. The molecule has 0 saturated carbocycles. The highest BCUT2D eigenvalue weighted by atomic mass is 32.1. The van der Waals surface area contributed by atoms with Crippen molar-refractivity contribution < 1.29 is 18.0 Å². The van der Waals surface area contributed by atoms with E-state index in [9.17, 15) is 18.0 Å². The molecule has 1 amide bonds. The molecule has 3 aromatic heterocycles. The minimum absolute atomic E-state index is 0.219. The van der Waals surface area contributed by atoms with Crippen LogP contribution >= 0.6 is 11.3 Å².